The summed E-state index contributed by atoms with van der Waals surface area (Å²) in [5, 5.41) is 61.2. The zero-order chi connectivity index (χ0) is 27.6. The quantitative estimate of drug-likeness (QED) is 0.167. The first kappa shape index (κ1) is 24.2. The van der Waals surface area contributed by atoms with Crippen LogP contribution in [0.15, 0.2) is 72.8 Å². The van der Waals surface area contributed by atoms with E-state index in [9.17, 15) is 40.2 Å². The van der Waals surface area contributed by atoms with Crippen LogP contribution in [-0.4, -0.2) is 42.2 Å². The molecule has 0 amide bonds. The summed E-state index contributed by atoms with van der Waals surface area (Å²) in [5.41, 5.74) is 1.30. The van der Waals surface area contributed by atoms with Gasteiger partial charge in [0.25, 0.3) is 0 Å². The molecule has 0 aromatic heterocycles. The number of carbonyl (C=O) groups is 2. The van der Waals surface area contributed by atoms with Gasteiger partial charge in [0.15, 0.2) is 23.1 Å². The maximum atomic E-state index is 14.3. The Morgan fingerprint density at radius 2 is 1.28 bits per heavy atom. The van der Waals surface area contributed by atoms with E-state index in [1.165, 1.54) is 54.6 Å². The van der Waals surface area contributed by atoms with Crippen LogP contribution in [0.25, 0.3) is 0 Å². The van der Waals surface area contributed by atoms with Gasteiger partial charge in [-0.3, -0.25) is 9.59 Å². The third kappa shape index (κ3) is 3.78. The lowest BCUT2D eigenvalue weighted by molar-refractivity contribution is 0.0378. The Kier molecular flexibility index (Phi) is 5.39. The van der Waals surface area contributed by atoms with Crippen LogP contribution in [0.4, 0.5) is 0 Å². The molecule has 6 N–H and O–H groups in total. The summed E-state index contributed by atoms with van der Waals surface area (Å²) in [6, 6.07) is 16.2. The molecule has 6 rings (SSSR count). The minimum atomic E-state index is -1.18. The number of Topliss-reactive ketones (excluding diaryl/α,β-unsaturated/α-hetero) is 2. The van der Waals surface area contributed by atoms with Crippen LogP contribution in [-0.2, 0) is 0 Å². The van der Waals surface area contributed by atoms with Crippen LogP contribution < -0.4 is 4.74 Å². The Bertz CT molecular complexity index is 1660. The number of ketones is 2. The lowest BCUT2D eigenvalue weighted by atomic mass is 9.60. The van der Waals surface area contributed by atoms with Crippen molar-refractivity contribution in [2.45, 2.75) is 12.0 Å². The summed E-state index contributed by atoms with van der Waals surface area (Å²) in [5.74, 6) is -5.93. The van der Waals surface area contributed by atoms with Gasteiger partial charge in [-0.2, -0.15) is 0 Å². The van der Waals surface area contributed by atoms with Gasteiger partial charge in [0.05, 0.1) is 17.0 Å². The van der Waals surface area contributed by atoms with Gasteiger partial charge in [0.2, 0.25) is 0 Å². The number of hydrogen-bond acceptors (Lipinski definition) is 9. The maximum Gasteiger partial charge on any atom is 0.174 e. The number of phenolic OH excluding ortho intramolecular Hbond substituents is 6. The van der Waals surface area contributed by atoms with Crippen LogP contribution in [0.1, 0.15) is 49.4 Å². The fraction of sp³-hybridized carbons (Fsp3) is 0.133. The summed E-state index contributed by atoms with van der Waals surface area (Å²) in [7, 11) is 0. The molecule has 0 saturated heterocycles. The van der Waals surface area contributed by atoms with Crippen molar-refractivity contribution in [1.29, 1.82) is 0 Å². The molecule has 9 heteroatoms. The van der Waals surface area contributed by atoms with Gasteiger partial charge in [-0.1, -0.05) is 12.1 Å². The van der Waals surface area contributed by atoms with E-state index in [2.05, 4.69) is 0 Å². The number of rotatable bonds is 3. The first-order valence-electron chi connectivity index (χ1n) is 12.1. The fourth-order valence-electron chi connectivity index (χ4n) is 5.76. The van der Waals surface area contributed by atoms with E-state index >= 15 is 0 Å². The van der Waals surface area contributed by atoms with Crippen molar-refractivity contribution in [3.63, 3.8) is 0 Å². The summed E-state index contributed by atoms with van der Waals surface area (Å²) in [4.78, 5) is 28.3. The normalized spacial score (nSPS) is 21.3. The number of phenols is 6. The Labute approximate surface area is 221 Å². The predicted octanol–water partition coefficient (Wildman–Crippen LogP) is 4.50. The average Bonchev–Trinajstić information content (AvgIpc) is 2.89. The molecule has 196 valence electrons. The molecule has 39 heavy (non-hydrogen) atoms. The van der Waals surface area contributed by atoms with Crippen molar-refractivity contribution in [2.24, 2.45) is 11.8 Å². The Morgan fingerprint density at radius 3 is 1.97 bits per heavy atom. The standard InChI is InChI=1S/C30H22O9/c31-14-3-1-13(2-4-14)25-19-11-22(35)23(36)12-20(19)30-27(29(38)18-8-6-16(33)10-24(18)39-30)26(25)28(37)17-7-5-15(32)9-21(17)34/h1-12,25-27,30-36H/t25-,26-,27?,30?/m1/s1. The Hall–Kier alpha value is -5.18. The number of hydrogen-bond donors (Lipinski definition) is 6. The summed E-state index contributed by atoms with van der Waals surface area (Å²) in [6.45, 7) is 0. The summed E-state index contributed by atoms with van der Waals surface area (Å²) in [6.07, 6.45) is -1.09. The summed E-state index contributed by atoms with van der Waals surface area (Å²) < 4.78 is 6.21. The smallest absolute Gasteiger partial charge is 0.174 e. The molecule has 1 heterocycles. The van der Waals surface area contributed by atoms with Crippen molar-refractivity contribution in [3.8, 4) is 40.2 Å². The second-order valence-corrected chi connectivity index (χ2v) is 9.74. The van der Waals surface area contributed by atoms with E-state index in [4.69, 9.17) is 4.74 Å². The van der Waals surface area contributed by atoms with E-state index in [1.807, 2.05) is 0 Å². The largest absolute Gasteiger partial charge is 0.508 e. The minimum Gasteiger partial charge on any atom is -0.508 e. The lowest BCUT2D eigenvalue weighted by Crippen LogP contribution is -2.46. The SMILES string of the molecule is O=C1c2ccc(O)cc2OC2c3cc(O)c(O)cc3[C@@H](c3ccc(O)cc3)[C@@H](C(=O)c3ccc(O)cc3O)C12. The van der Waals surface area contributed by atoms with E-state index in [-0.39, 0.29) is 34.1 Å². The van der Waals surface area contributed by atoms with E-state index in [0.717, 1.165) is 6.07 Å². The minimum absolute atomic E-state index is 0.0221. The highest BCUT2D eigenvalue weighted by molar-refractivity contribution is 6.09. The third-order valence-corrected chi connectivity index (χ3v) is 7.48. The summed E-state index contributed by atoms with van der Waals surface area (Å²) >= 11 is 0. The molecular weight excluding hydrogens is 504 g/mol. The first-order valence-corrected chi connectivity index (χ1v) is 12.1. The van der Waals surface area contributed by atoms with Crippen LogP contribution >= 0.6 is 0 Å². The van der Waals surface area contributed by atoms with Crippen LogP contribution in [0.5, 0.6) is 40.2 Å². The number of carbonyl (C=O) groups excluding carboxylic acids is 2. The van der Waals surface area contributed by atoms with Crippen molar-refractivity contribution >= 4 is 11.6 Å². The molecule has 4 aromatic carbocycles. The van der Waals surface area contributed by atoms with Crippen LogP contribution in [0.3, 0.4) is 0 Å². The van der Waals surface area contributed by atoms with E-state index in [1.54, 1.807) is 12.1 Å². The molecule has 4 atom stereocenters. The van der Waals surface area contributed by atoms with Gasteiger partial charge in [-0.25, -0.2) is 0 Å². The van der Waals surface area contributed by atoms with Gasteiger partial charge in [0, 0.05) is 29.5 Å². The molecule has 0 saturated carbocycles. The first-order chi connectivity index (χ1) is 18.6. The predicted molar refractivity (Wildman–Crippen MR) is 137 cm³/mol. The Morgan fingerprint density at radius 1 is 0.667 bits per heavy atom. The average molecular weight is 526 g/mol. The van der Waals surface area contributed by atoms with Crippen molar-refractivity contribution < 1.29 is 45.0 Å². The number of ether oxygens (including phenoxy) is 1. The van der Waals surface area contributed by atoms with Gasteiger partial charge >= 0.3 is 0 Å². The highest BCUT2D eigenvalue weighted by atomic mass is 16.5. The van der Waals surface area contributed by atoms with Crippen LogP contribution in [0, 0.1) is 11.8 Å². The molecule has 0 radical (unpaired) electrons. The highest BCUT2D eigenvalue weighted by Crippen LogP contribution is 2.56. The number of fused-ring (bicyclic) bond motifs is 4. The maximum absolute atomic E-state index is 14.3. The fourth-order valence-corrected chi connectivity index (χ4v) is 5.76. The Balaban J connectivity index is 1.64. The second kappa shape index (κ2) is 8.70. The van der Waals surface area contributed by atoms with Gasteiger partial charge in [-0.15, -0.1) is 0 Å². The molecule has 0 bridgehead atoms. The molecule has 4 aromatic rings. The van der Waals surface area contributed by atoms with Crippen LogP contribution in [0.2, 0.25) is 0 Å². The number of aromatic hydroxyl groups is 6. The zero-order valence-electron chi connectivity index (χ0n) is 20.1. The lowest BCUT2D eigenvalue weighted by Gasteiger charge is -2.45. The topological polar surface area (TPSA) is 165 Å². The molecule has 2 aliphatic rings. The van der Waals surface area contributed by atoms with Crippen molar-refractivity contribution in [2.75, 3.05) is 0 Å². The molecule has 0 fully saturated rings. The zero-order valence-corrected chi connectivity index (χ0v) is 20.1. The van der Waals surface area contributed by atoms with Gasteiger partial charge in [0.1, 0.15) is 34.9 Å². The molecule has 2 unspecified atom stereocenters. The monoisotopic (exact) mass is 526 g/mol. The van der Waals surface area contributed by atoms with E-state index in [0.29, 0.717) is 16.7 Å². The van der Waals surface area contributed by atoms with E-state index < -0.39 is 52.7 Å². The molecule has 9 nitrogen and oxygen atoms in total. The van der Waals surface area contributed by atoms with Crippen molar-refractivity contribution in [3.05, 3.63) is 101 Å². The molecule has 0 spiro atoms. The highest BCUT2D eigenvalue weighted by Gasteiger charge is 2.54. The number of benzene rings is 4. The molecule has 1 aliphatic carbocycles. The van der Waals surface area contributed by atoms with Crippen molar-refractivity contribution in [1.82, 2.24) is 0 Å². The third-order valence-electron chi connectivity index (χ3n) is 7.48. The molecule has 1 aliphatic heterocycles. The molecular formula is C30H22O9. The second-order valence-electron chi connectivity index (χ2n) is 9.74. The van der Waals surface area contributed by atoms with Gasteiger partial charge in [-0.05, 0) is 59.7 Å². The van der Waals surface area contributed by atoms with Gasteiger partial charge < -0.3 is 35.4 Å².